The number of carbonyl (C=O) groups is 1. The lowest BCUT2D eigenvalue weighted by Crippen LogP contribution is -2.10. The number of Topliss-reactive ketones (excluding diaryl/α,β-unsaturated/α-hetero) is 1. The van der Waals surface area contributed by atoms with E-state index in [0.29, 0.717) is 11.6 Å². The second kappa shape index (κ2) is 6.93. The van der Waals surface area contributed by atoms with E-state index in [1.165, 1.54) is 11.8 Å². The summed E-state index contributed by atoms with van der Waals surface area (Å²) in [5.41, 5.74) is 2.18. The Morgan fingerprint density at radius 3 is 2.40 bits per heavy atom. The molecule has 0 fully saturated rings. The highest BCUT2D eigenvalue weighted by Gasteiger charge is 2.13. The highest BCUT2D eigenvalue weighted by Crippen LogP contribution is 2.26. The first-order valence-corrected chi connectivity index (χ1v) is 8.22. The number of carbonyl (C=O) groups excluding carboxylic acids is 1. The number of benzene rings is 1. The topological polar surface area (TPSA) is 52.3 Å². The largest absolute Gasteiger partial charge is 0.461 e. The maximum atomic E-state index is 12.0. The molecule has 0 bridgehead atoms. The van der Waals surface area contributed by atoms with Crippen LogP contribution in [0.1, 0.15) is 42.5 Å². The van der Waals surface area contributed by atoms with E-state index in [9.17, 15) is 4.79 Å². The van der Waals surface area contributed by atoms with Crippen LogP contribution in [0.3, 0.4) is 0 Å². The van der Waals surface area contributed by atoms with Crippen LogP contribution < -0.4 is 4.74 Å². The molecule has 0 aliphatic carbocycles. The molecule has 1 aromatic carbocycles. The Kier molecular flexibility index (Phi) is 4.70. The molecule has 4 nitrogen and oxygen atoms in total. The Morgan fingerprint density at radius 2 is 1.84 bits per heavy atom. The first-order valence-electron chi connectivity index (χ1n) is 8.22. The van der Waals surface area contributed by atoms with Gasteiger partial charge in [0.2, 0.25) is 11.7 Å². The van der Waals surface area contributed by atoms with Crippen LogP contribution in [0, 0.1) is 0 Å². The van der Waals surface area contributed by atoms with Gasteiger partial charge in [-0.15, -0.1) is 0 Å². The molecule has 0 saturated heterocycles. The van der Waals surface area contributed by atoms with Gasteiger partial charge in [-0.1, -0.05) is 39.0 Å². The fourth-order valence-electron chi connectivity index (χ4n) is 2.43. The fourth-order valence-corrected chi connectivity index (χ4v) is 2.43. The number of aromatic nitrogens is 1. The van der Waals surface area contributed by atoms with Crippen LogP contribution in [0.5, 0.6) is 11.6 Å². The van der Waals surface area contributed by atoms with Gasteiger partial charge < -0.3 is 9.15 Å². The highest BCUT2D eigenvalue weighted by atomic mass is 16.5. The molecule has 2 heterocycles. The van der Waals surface area contributed by atoms with Crippen molar-refractivity contribution in [1.82, 2.24) is 4.98 Å². The van der Waals surface area contributed by atoms with Gasteiger partial charge in [0.05, 0.1) is 6.26 Å². The van der Waals surface area contributed by atoms with Crippen LogP contribution in [-0.4, -0.2) is 10.8 Å². The lowest BCUT2D eigenvalue weighted by atomic mass is 9.87. The molecule has 128 valence electrons. The van der Waals surface area contributed by atoms with E-state index in [2.05, 4.69) is 37.9 Å². The number of nitrogens with zero attached hydrogens (tertiary/aromatic N) is 1. The van der Waals surface area contributed by atoms with Crippen molar-refractivity contribution in [2.45, 2.75) is 32.6 Å². The van der Waals surface area contributed by atoms with E-state index in [1.54, 1.807) is 24.4 Å². The summed E-state index contributed by atoms with van der Waals surface area (Å²) in [4.78, 5) is 16.3. The first kappa shape index (κ1) is 17.0. The van der Waals surface area contributed by atoms with Crippen molar-refractivity contribution >= 4 is 5.78 Å². The molecule has 0 atom stereocenters. The van der Waals surface area contributed by atoms with Gasteiger partial charge in [0.15, 0.2) is 5.76 Å². The number of hydrogen-bond acceptors (Lipinski definition) is 4. The quantitative estimate of drug-likeness (QED) is 0.602. The minimum atomic E-state index is -0.0711. The number of ether oxygens (including phenoxy) is 1. The molecule has 3 aromatic rings. The molecule has 0 amide bonds. The third kappa shape index (κ3) is 4.35. The summed E-state index contributed by atoms with van der Waals surface area (Å²) in [5.74, 6) is 1.52. The zero-order valence-electron chi connectivity index (χ0n) is 14.7. The average molecular weight is 335 g/mol. The molecule has 0 aliphatic rings. The van der Waals surface area contributed by atoms with Gasteiger partial charge in [-0.25, -0.2) is 4.98 Å². The number of pyridine rings is 1. The first-order chi connectivity index (χ1) is 11.9. The van der Waals surface area contributed by atoms with E-state index in [1.807, 2.05) is 18.2 Å². The SMILES string of the molecule is CC(C)(C)c1ccc(Oc2ccc(CC(=O)c3ccco3)cn2)cc1. The third-order valence-electron chi connectivity index (χ3n) is 3.90. The van der Waals surface area contributed by atoms with Crippen LogP contribution in [-0.2, 0) is 11.8 Å². The summed E-state index contributed by atoms with van der Waals surface area (Å²) < 4.78 is 10.9. The molecule has 3 rings (SSSR count). The van der Waals surface area contributed by atoms with Crippen LogP contribution in [0.4, 0.5) is 0 Å². The maximum absolute atomic E-state index is 12.0. The van der Waals surface area contributed by atoms with Crippen molar-refractivity contribution in [2.75, 3.05) is 0 Å². The second-order valence-corrected chi connectivity index (χ2v) is 6.96. The molecule has 0 N–H and O–H groups in total. The standard InChI is InChI=1S/C21H21NO3/c1-21(2,3)16-7-9-17(10-8-16)25-20-11-6-15(14-22-20)13-18(23)19-5-4-12-24-19/h4-12,14H,13H2,1-3H3. The summed E-state index contributed by atoms with van der Waals surface area (Å²) in [6, 6.07) is 15.0. The van der Waals surface area contributed by atoms with Crippen molar-refractivity contribution in [3.8, 4) is 11.6 Å². The summed E-state index contributed by atoms with van der Waals surface area (Å²) in [6.07, 6.45) is 3.40. The van der Waals surface area contributed by atoms with E-state index in [4.69, 9.17) is 9.15 Å². The number of ketones is 1. The predicted molar refractivity (Wildman–Crippen MR) is 96.2 cm³/mol. The van der Waals surface area contributed by atoms with Crippen molar-refractivity contribution in [1.29, 1.82) is 0 Å². The molecule has 0 spiro atoms. The van der Waals surface area contributed by atoms with Gasteiger partial charge in [-0.3, -0.25) is 4.79 Å². The maximum Gasteiger partial charge on any atom is 0.219 e. The number of rotatable bonds is 5. The van der Waals surface area contributed by atoms with E-state index < -0.39 is 0 Å². The average Bonchev–Trinajstić information content (AvgIpc) is 3.11. The Balaban J connectivity index is 1.63. The summed E-state index contributed by atoms with van der Waals surface area (Å²) in [6.45, 7) is 6.52. The van der Waals surface area contributed by atoms with Crippen molar-refractivity contribution < 1.29 is 13.9 Å². The zero-order valence-corrected chi connectivity index (χ0v) is 14.7. The molecule has 0 radical (unpaired) electrons. The lowest BCUT2D eigenvalue weighted by Gasteiger charge is -2.19. The van der Waals surface area contributed by atoms with E-state index in [0.717, 1.165) is 11.3 Å². The van der Waals surface area contributed by atoms with Crippen LogP contribution >= 0.6 is 0 Å². The number of hydrogen-bond donors (Lipinski definition) is 0. The molecule has 0 saturated carbocycles. The van der Waals surface area contributed by atoms with Gasteiger partial charge in [0, 0.05) is 18.7 Å². The minimum Gasteiger partial charge on any atom is -0.461 e. The van der Waals surface area contributed by atoms with Crippen LogP contribution in [0.15, 0.2) is 65.4 Å². The molecule has 0 unspecified atom stereocenters. The van der Waals surface area contributed by atoms with Crippen LogP contribution in [0.25, 0.3) is 0 Å². The Bertz CT molecular complexity index is 826. The Morgan fingerprint density at radius 1 is 1.08 bits per heavy atom. The van der Waals surface area contributed by atoms with Crippen molar-refractivity contribution in [2.24, 2.45) is 0 Å². The van der Waals surface area contributed by atoms with Crippen LogP contribution in [0.2, 0.25) is 0 Å². The van der Waals surface area contributed by atoms with Gasteiger partial charge in [-0.2, -0.15) is 0 Å². The Labute approximate surface area is 147 Å². The second-order valence-electron chi connectivity index (χ2n) is 6.96. The fraction of sp³-hybridized carbons (Fsp3) is 0.238. The normalized spacial score (nSPS) is 11.3. The van der Waals surface area contributed by atoms with Gasteiger partial charge in [0.25, 0.3) is 0 Å². The summed E-state index contributed by atoms with van der Waals surface area (Å²) in [5, 5.41) is 0. The molecule has 25 heavy (non-hydrogen) atoms. The smallest absolute Gasteiger partial charge is 0.219 e. The lowest BCUT2D eigenvalue weighted by molar-refractivity contribution is 0.0966. The van der Waals surface area contributed by atoms with Crippen molar-refractivity contribution in [3.05, 3.63) is 77.9 Å². The third-order valence-corrected chi connectivity index (χ3v) is 3.90. The highest BCUT2D eigenvalue weighted by molar-refractivity contribution is 5.94. The van der Waals surface area contributed by atoms with Gasteiger partial charge in [0.1, 0.15) is 5.75 Å². The van der Waals surface area contributed by atoms with E-state index in [-0.39, 0.29) is 17.6 Å². The molecule has 4 heteroatoms. The minimum absolute atomic E-state index is 0.0711. The monoisotopic (exact) mass is 335 g/mol. The molecular formula is C21H21NO3. The molecule has 2 aromatic heterocycles. The van der Waals surface area contributed by atoms with Crippen molar-refractivity contribution in [3.63, 3.8) is 0 Å². The van der Waals surface area contributed by atoms with Gasteiger partial charge in [-0.05, 0) is 40.8 Å². The predicted octanol–water partition coefficient (Wildman–Crippen LogP) is 5.19. The summed E-state index contributed by atoms with van der Waals surface area (Å²) in [7, 11) is 0. The number of furan rings is 1. The zero-order chi connectivity index (χ0) is 17.9. The van der Waals surface area contributed by atoms with Gasteiger partial charge >= 0.3 is 0 Å². The van der Waals surface area contributed by atoms with E-state index >= 15 is 0 Å². The Hall–Kier alpha value is -2.88. The molecule has 0 aliphatic heterocycles. The molecular weight excluding hydrogens is 314 g/mol. The summed E-state index contributed by atoms with van der Waals surface area (Å²) >= 11 is 0.